The van der Waals surface area contributed by atoms with E-state index in [2.05, 4.69) is 12.2 Å². The molecule has 0 unspecified atom stereocenters. The molecule has 0 amide bonds. The number of thiophene rings is 1. The molecule has 1 aromatic rings. The van der Waals surface area contributed by atoms with E-state index >= 15 is 0 Å². The molecule has 1 saturated heterocycles. The second kappa shape index (κ2) is 5.51. The van der Waals surface area contributed by atoms with Crippen LogP contribution in [0.15, 0.2) is 12.1 Å². The maximum atomic E-state index is 12.5. The zero-order valence-corrected chi connectivity index (χ0v) is 11.7. The van der Waals surface area contributed by atoms with Gasteiger partial charge in [-0.25, -0.2) is 0 Å². The minimum Gasteiger partial charge on any atom is -0.317 e. The molecule has 0 aliphatic carbocycles. The van der Waals surface area contributed by atoms with Crippen LogP contribution in [0.1, 0.15) is 31.1 Å². The number of ketones is 1. The molecule has 0 atom stereocenters. The third-order valence-corrected chi connectivity index (χ3v) is 5.02. The standard InChI is InChI=1S/C13H18ClNOS/c1-2-13(5-7-15-8-6-13)11(16)9-10-3-4-12(14)17-10/h3-4,15H,2,5-9H2,1H3. The van der Waals surface area contributed by atoms with Crippen LogP contribution in [0.25, 0.3) is 0 Å². The van der Waals surface area contributed by atoms with Crippen molar-refractivity contribution in [2.45, 2.75) is 32.6 Å². The Hall–Kier alpha value is -0.380. The van der Waals surface area contributed by atoms with Gasteiger partial charge in [0.05, 0.1) is 4.34 Å². The molecule has 0 saturated carbocycles. The molecular weight excluding hydrogens is 254 g/mol. The summed E-state index contributed by atoms with van der Waals surface area (Å²) in [7, 11) is 0. The Labute approximate surface area is 111 Å². The lowest BCUT2D eigenvalue weighted by Crippen LogP contribution is -2.42. The second-order valence-corrected chi connectivity index (χ2v) is 6.49. The summed E-state index contributed by atoms with van der Waals surface area (Å²) in [6, 6.07) is 3.84. The normalized spacial score (nSPS) is 19.2. The van der Waals surface area contributed by atoms with Gasteiger partial charge in [-0.3, -0.25) is 4.79 Å². The highest BCUT2D eigenvalue weighted by atomic mass is 35.5. The maximum absolute atomic E-state index is 12.5. The van der Waals surface area contributed by atoms with Gasteiger partial charge in [0.25, 0.3) is 0 Å². The number of nitrogens with one attached hydrogen (secondary N) is 1. The van der Waals surface area contributed by atoms with Gasteiger partial charge in [0.15, 0.2) is 0 Å². The molecule has 1 N–H and O–H groups in total. The number of hydrogen-bond acceptors (Lipinski definition) is 3. The molecule has 94 valence electrons. The number of hydrogen-bond donors (Lipinski definition) is 1. The number of Topliss-reactive ketones (excluding diaryl/α,β-unsaturated/α-hetero) is 1. The van der Waals surface area contributed by atoms with E-state index in [0.29, 0.717) is 12.2 Å². The van der Waals surface area contributed by atoms with Crippen molar-refractivity contribution in [3.05, 3.63) is 21.3 Å². The summed E-state index contributed by atoms with van der Waals surface area (Å²) < 4.78 is 0.767. The van der Waals surface area contributed by atoms with E-state index in [1.165, 1.54) is 11.3 Å². The Morgan fingerprint density at radius 1 is 1.47 bits per heavy atom. The van der Waals surface area contributed by atoms with E-state index in [-0.39, 0.29) is 5.41 Å². The Kier molecular flexibility index (Phi) is 4.23. The topological polar surface area (TPSA) is 29.1 Å². The molecule has 4 heteroatoms. The van der Waals surface area contributed by atoms with Crippen molar-refractivity contribution in [2.75, 3.05) is 13.1 Å². The number of carbonyl (C=O) groups is 1. The molecule has 2 rings (SSSR count). The Bertz CT molecular complexity index is 396. The summed E-state index contributed by atoms with van der Waals surface area (Å²) in [5, 5.41) is 3.33. The highest BCUT2D eigenvalue weighted by Crippen LogP contribution is 2.35. The highest BCUT2D eigenvalue weighted by Gasteiger charge is 2.37. The zero-order valence-electron chi connectivity index (χ0n) is 10.1. The van der Waals surface area contributed by atoms with Gasteiger partial charge in [0.2, 0.25) is 0 Å². The van der Waals surface area contributed by atoms with Crippen LogP contribution in [0.3, 0.4) is 0 Å². The minimum atomic E-state index is -0.0955. The Morgan fingerprint density at radius 2 is 2.18 bits per heavy atom. The first-order valence-corrected chi connectivity index (χ1v) is 7.34. The summed E-state index contributed by atoms with van der Waals surface area (Å²) in [6.45, 7) is 4.06. The predicted octanol–water partition coefficient (Wildman–Crippen LogP) is 3.29. The highest BCUT2D eigenvalue weighted by molar-refractivity contribution is 7.16. The Balaban J connectivity index is 2.07. The van der Waals surface area contributed by atoms with Crippen molar-refractivity contribution in [1.82, 2.24) is 5.32 Å². The fraction of sp³-hybridized carbons (Fsp3) is 0.615. The van der Waals surface area contributed by atoms with Crippen molar-refractivity contribution in [3.63, 3.8) is 0 Å². The van der Waals surface area contributed by atoms with Crippen molar-refractivity contribution >= 4 is 28.7 Å². The number of piperidine rings is 1. The van der Waals surface area contributed by atoms with E-state index < -0.39 is 0 Å². The summed E-state index contributed by atoms with van der Waals surface area (Å²) in [4.78, 5) is 13.6. The van der Waals surface area contributed by atoms with Crippen LogP contribution in [0, 0.1) is 5.41 Å². The van der Waals surface area contributed by atoms with Crippen molar-refractivity contribution < 1.29 is 4.79 Å². The average Bonchev–Trinajstić information content (AvgIpc) is 2.75. The van der Waals surface area contributed by atoms with Crippen LogP contribution in [-0.4, -0.2) is 18.9 Å². The zero-order chi connectivity index (χ0) is 12.3. The number of rotatable bonds is 4. The largest absolute Gasteiger partial charge is 0.317 e. The summed E-state index contributed by atoms with van der Waals surface area (Å²) in [5.74, 6) is 0.389. The summed E-state index contributed by atoms with van der Waals surface area (Å²) in [5.41, 5.74) is -0.0955. The van der Waals surface area contributed by atoms with Gasteiger partial charge >= 0.3 is 0 Å². The van der Waals surface area contributed by atoms with Crippen LogP contribution in [-0.2, 0) is 11.2 Å². The van der Waals surface area contributed by atoms with E-state index in [0.717, 1.165) is 41.6 Å². The summed E-state index contributed by atoms with van der Waals surface area (Å²) in [6.07, 6.45) is 3.45. The second-order valence-electron chi connectivity index (χ2n) is 4.69. The Morgan fingerprint density at radius 3 is 2.71 bits per heavy atom. The van der Waals surface area contributed by atoms with Crippen LogP contribution < -0.4 is 5.32 Å². The van der Waals surface area contributed by atoms with Crippen LogP contribution in [0.2, 0.25) is 4.34 Å². The maximum Gasteiger partial charge on any atom is 0.144 e. The van der Waals surface area contributed by atoms with Crippen molar-refractivity contribution in [3.8, 4) is 0 Å². The van der Waals surface area contributed by atoms with E-state index in [4.69, 9.17) is 11.6 Å². The van der Waals surface area contributed by atoms with Gasteiger partial charge < -0.3 is 5.32 Å². The lowest BCUT2D eigenvalue weighted by atomic mass is 9.72. The quantitative estimate of drug-likeness (QED) is 0.910. The van der Waals surface area contributed by atoms with E-state index in [1.807, 2.05) is 12.1 Å². The van der Waals surface area contributed by atoms with Gasteiger partial charge in [0.1, 0.15) is 5.78 Å². The van der Waals surface area contributed by atoms with E-state index in [9.17, 15) is 4.79 Å². The SMILES string of the molecule is CCC1(C(=O)Cc2ccc(Cl)s2)CCNCC1. The molecule has 0 bridgehead atoms. The van der Waals surface area contributed by atoms with Gasteiger partial charge in [-0.15, -0.1) is 11.3 Å². The molecule has 0 spiro atoms. The van der Waals surface area contributed by atoms with Gasteiger partial charge in [-0.05, 0) is 44.5 Å². The molecule has 1 aliphatic heterocycles. The fourth-order valence-corrected chi connectivity index (χ4v) is 3.61. The first kappa shape index (κ1) is 13.1. The number of carbonyl (C=O) groups excluding carboxylic acids is 1. The van der Waals surface area contributed by atoms with Crippen LogP contribution in [0.4, 0.5) is 0 Å². The van der Waals surface area contributed by atoms with Crippen molar-refractivity contribution in [2.24, 2.45) is 5.41 Å². The van der Waals surface area contributed by atoms with Gasteiger partial charge in [-0.1, -0.05) is 18.5 Å². The van der Waals surface area contributed by atoms with Crippen molar-refractivity contribution in [1.29, 1.82) is 0 Å². The monoisotopic (exact) mass is 271 g/mol. The molecule has 2 nitrogen and oxygen atoms in total. The summed E-state index contributed by atoms with van der Waals surface area (Å²) >= 11 is 7.41. The van der Waals surface area contributed by atoms with Crippen LogP contribution in [0.5, 0.6) is 0 Å². The number of halogens is 1. The lowest BCUT2D eigenvalue weighted by Gasteiger charge is -2.35. The minimum absolute atomic E-state index is 0.0955. The lowest BCUT2D eigenvalue weighted by molar-refractivity contribution is -0.129. The van der Waals surface area contributed by atoms with Gasteiger partial charge in [0, 0.05) is 16.7 Å². The first-order valence-electron chi connectivity index (χ1n) is 6.14. The molecule has 1 aliphatic rings. The molecular formula is C13H18ClNOS. The average molecular weight is 272 g/mol. The molecule has 0 radical (unpaired) electrons. The molecule has 2 heterocycles. The fourth-order valence-electron chi connectivity index (χ4n) is 2.53. The predicted molar refractivity (Wildman–Crippen MR) is 72.9 cm³/mol. The molecule has 1 fully saturated rings. The molecule has 1 aromatic heterocycles. The molecule has 17 heavy (non-hydrogen) atoms. The van der Waals surface area contributed by atoms with Gasteiger partial charge in [-0.2, -0.15) is 0 Å². The smallest absolute Gasteiger partial charge is 0.144 e. The molecule has 0 aromatic carbocycles. The third-order valence-electron chi connectivity index (χ3n) is 3.79. The van der Waals surface area contributed by atoms with Crippen LogP contribution >= 0.6 is 22.9 Å². The first-order chi connectivity index (χ1) is 8.16. The van der Waals surface area contributed by atoms with E-state index in [1.54, 1.807) is 0 Å². The third kappa shape index (κ3) is 2.90.